The van der Waals surface area contributed by atoms with Crippen LogP contribution in [0.25, 0.3) is 10.9 Å². The third-order valence-electron chi connectivity index (χ3n) is 6.82. The van der Waals surface area contributed by atoms with Gasteiger partial charge in [-0.2, -0.15) is 0 Å². The number of likely N-dealkylation sites (tertiary alicyclic amines) is 1. The Morgan fingerprint density at radius 1 is 1.03 bits per heavy atom. The smallest absolute Gasteiger partial charge is 0.273 e. The monoisotopic (exact) mass is 512 g/mol. The minimum absolute atomic E-state index is 0.0180. The summed E-state index contributed by atoms with van der Waals surface area (Å²) >= 11 is 0. The van der Waals surface area contributed by atoms with Crippen molar-refractivity contribution < 1.29 is 18.9 Å². The van der Waals surface area contributed by atoms with Gasteiger partial charge < -0.3 is 10.2 Å². The highest BCUT2D eigenvalue weighted by atomic mass is 19.1. The molecule has 0 radical (unpaired) electrons. The van der Waals surface area contributed by atoms with E-state index in [1.807, 2.05) is 54.6 Å². The van der Waals surface area contributed by atoms with Crippen LogP contribution in [0.15, 0.2) is 79.0 Å². The van der Waals surface area contributed by atoms with Crippen LogP contribution < -0.4 is 5.32 Å². The van der Waals surface area contributed by atoms with Crippen molar-refractivity contribution in [1.29, 1.82) is 0 Å². The maximum atomic E-state index is 13.8. The number of pyridine rings is 1. The molecular formula is C29H25FN4O4. The molecule has 2 amide bonds. The number of benzene rings is 3. The number of carbonyl (C=O) groups excluding carboxylic acids is 2. The summed E-state index contributed by atoms with van der Waals surface area (Å²) in [5.41, 5.74) is 3.16. The molecule has 1 aliphatic heterocycles. The second-order valence-electron chi connectivity index (χ2n) is 9.40. The average molecular weight is 513 g/mol. The molecule has 0 bridgehead atoms. The van der Waals surface area contributed by atoms with Gasteiger partial charge in [0.2, 0.25) is 5.91 Å². The predicted octanol–water partition coefficient (Wildman–Crippen LogP) is 5.48. The highest BCUT2D eigenvalue weighted by Crippen LogP contribution is 2.30. The zero-order valence-electron chi connectivity index (χ0n) is 20.5. The minimum Gasteiger partial charge on any atom is -0.339 e. The van der Waals surface area contributed by atoms with Crippen molar-refractivity contribution in [3.8, 4) is 0 Å². The Bertz CT molecular complexity index is 1520. The third-order valence-corrected chi connectivity index (χ3v) is 6.82. The zero-order chi connectivity index (χ0) is 26.6. The lowest BCUT2D eigenvalue weighted by molar-refractivity contribution is -0.385. The number of amides is 2. The number of nitro groups is 1. The van der Waals surface area contributed by atoms with Crippen LogP contribution in [0.1, 0.15) is 40.2 Å². The summed E-state index contributed by atoms with van der Waals surface area (Å²) in [4.78, 5) is 41.6. The number of hydrogen-bond acceptors (Lipinski definition) is 5. The first-order chi connectivity index (χ1) is 18.4. The second-order valence-corrected chi connectivity index (χ2v) is 9.40. The maximum Gasteiger partial charge on any atom is 0.273 e. The van der Waals surface area contributed by atoms with Crippen molar-refractivity contribution in [2.75, 3.05) is 18.4 Å². The summed E-state index contributed by atoms with van der Waals surface area (Å²) in [5, 5.41) is 14.9. The molecule has 192 valence electrons. The number of hydrogen-bond donors (Lipinski definition) is 1. The van der Waals surface area contributed by atoms with Crippen molar-refractivity contribution >= 4 is 34.1 Å². The van der Waals surface area contributed by atoms with E-state index in [0.29, 0.717) is 31.6 Å². The summed E-state index contributed by atoms with van der Waals surface area (Å²) in [7, 11) is 0. The molecule has 0 aliphatic carbocycles. The number of aromatic nitrogens is 1. The molecule has 2 heterocycles. The van der Waals surface area contributed by atoms with E-state index in [-0.39, 0.29) is 23.8 Å². The quantitative estimate of drug-likeness (QED) is 0.272. The Balaban J connectivity index is 1.15. The third kappa shape index (κ3) is 5.67. The number of anilines is 1. The Hall–Kier alpha value is -4.66. The lowest BCUT2D eigenvalue weighted by Gasteiger charge is -2.32. The van der Waals surface area contributed by atoms with Crippen LogP contribution in [0.2, 0.25) is 0 Å². The predicted molar refractivity (Wildman–Crippen MR) is 141 cm³/mol. The molecule has 1 N–H and O–H groups in total. The van der Waals surface area contributed by atoms with Gasteiger partial charge in [0, 0.05) is 42.0 Å². The molecule has 1 saturated heterocycles. The second kappa shape index (κ2) is 10.8. The van der Waals surface area contributed by atoms with Gasteiger partial charge in [-0.3, -0.25) is 24.7 Å². The molecule has 9 heteroatoms. The van der Waals surface area contributed by atoms with Crippen molar-refractivity contribution in [2.24, 2.45) is 0 Å². The Kier molecular flexibility index (Phi) is 7.08. The normalized spacial score (nSPS) is 13.9. The van der Waals surface area contributed by atoms with E-state index in [0.717, 1.165) is 40.2 Å². The minimum atomic E-state index is -0.806. The molecular weight excluding hydrogens is 487 g/mol. The lowest BCUT2D eigenvalue weighted by Crippen LogP contribution is -2.38. The zero-order valence-corrected chi connectivity index (χ0v) is 20.5. The number of nitrogens with zero attached hydrogens (tertiary/aromatic N) is 3. The van der Waals surface area contributed by atoms with E-state index in [2.05, 4.69) is 10.3 Å². The largest absolute Gasteiger partial charge is 0.339 e. The number of halogens is 1. The highest BCUT2D eigenvalue weighted by Gasteiger charge is 2.26. The fraction of sp³-hybridized carbons (Fsp3) is 0.207. The van der Waals surface area contributed by atoms with Crippen molar-refractivity contribution in [3.63, 3.8) is 0 Å². The Labute approximate surface area is 218 Å². The fourth-order valence-electron chi connectivity index (χ4n) is 4.87. The van der Waals surface area contributed by atoms with Gasteiger partial charge in [0.1, 0.15) is 5.82 Å². The molecule has 1 fully saturated rings. The Morgan fingerprint density at radius 3 is 2.53 bits per heavy atom. The number of piperidine rings is 1. The van der Waals surface area contributed by atoms with E-state index in [4.69, 9.17) is 0 Å². The number of nitro benzene ring substituents is 1. The summed E-state index contributed by atoms with van der Waals surface area (Å²) < 4.78 is 13.8. The maximum absolute atomic E-state index is 13.8. The molecule has 8 nitrogen and oxygen atoms in total. The number of nitrogens with one attached hydrogen (secondary N) is 1. The van der Waals surface area contributed by atoms with Gasteiger partial charge in [-0.05, 0) is 66.3 Å². The molecule has 5 rings (SSSR count). The molecule has 0 atom stereocenters. The van der Waals surface area contributed by atoms with Crippen molar-refractivity contribution in [3.05, 3.63) is 112 Å². The van der Waals surface area contributed by atoms with Gasteiger partial charge in [0.05, 0.1) is 22.9 Å². The van der Waals surface area contributed by atoms with Crippen molar-refractivity contribution in [2.45, 2.75) is 25.2 Å². The summed E-state index contributed by atoms with van der Waals surface area (Å²) in [6.45, 7) is 0.932. The molecule has 4 aromatic rings. The van der Waals surface area contributed by atoms with Gasteiger partial charge in [0.25, 0.3) is 11.6 Å². The fourth-order valence-corrected chi connectivity index (χ4v) is 4.87. The summed E-state index contributed by atoms with van der Waals surface area (Å²) in [5.74, 6) is -1.09. The van der Waals surface area contributed by atoms with Crippen LogP contribution in [0.3, 0.4) is 0 Å². The topological polar surface area (TPSA) is 105 Å². The van der Waals surface area contributed by atoms with E-state index in [9.17, 15) is 24.1 Å². The summed E-state index contributed by atoms with van der Waals surface area (Å²) in [6.07, 6.45) is 3.43. The van der Waals surface area contributed by atoms with Crippen LogP contribution >= 0.6 is 0 Å². The molecule has 0 unspecified atom stereocenters. The van der Waals surface area contributed by atoms with Gasteiger partial charge in [-0.1, -0.05) is 24.3 Å². The summed E-state index contributed by atoms with van der Waals surface area (Å²) in [6, 6.07) is 20.3. The molecule has 0 spiro atoms. The van der Waals surface area contributed by atoms with Crippen LogP contribution in [-0.2, 0) is 11.2 Å². The number of rotatable bonds is 6. The van der Waals surface area contributed by atoms with Gasteiger partial charge in [0.15, 0.2) is 0 Å². The first-order valence-electron chi connectivity index (χ1n) is 12.3. The van der Waals surface area contributed by atoms with Crippen LogP contribution in [0.5, 0.6) is 0 Å². The standard InChI is InChI=1S/C29H25FN4O4/c30-24-16-23(17-26(18-24)34(37)38)29(36)33-12-9-21(10-13-33)20-4-6-25(7-5-20)32-28(35)15-19-3-8-27-22(14-19)2-1-11-31-27/h1-8,11,14,16-18,21H,9-10,12-13,15H2,(H,32,35). The first kappa shape index (κ1) is 25.0. The number of non-ortho nitro benzene ring substituents is 1. The van der Waals surface area contributed by atoms with Crippen LogP contribution in [0, 0.1) is 15.9 Å². The first-order valence-corrected chi connectivity index (χ1v) is 12.3. The molecule has 38 heavy (non-hydrogen) atoms. The van der Waals surface area contributed by atoms with E-state index >= 15 is 0 Å². The molecule has 1 aliphatic rings. The SMILES string of the molecule is O=C(Cc1ccc2ncccc2c1)Nc1ccc(C2CCN(C(=O)c3cc(F)cc([N+](=O)[O-])c3)CC2)cc1. The number of carbonyl (C=O) groups is 2. The van der Waals surface area contributed by atoms with Crippen LogP contribution in [0.4, 0.5) is 15.8 Å². The van der Waals surface area contributed by atoms with E-state index in [1.54, 1.807) is 11.1 Å². The molecule has 3 aromatic carbocycles. The van der Waals surface area contributed by atoms with Gasteiger partial charge in [-0.15, -0.1) is 0 Å². The number of fused-ring (bicyclic) bond motifs is 1. The van der Waals surface area contributed by atoms with Gasteiger partial charge >= 0.3 is 0 Å². The molecule has 1 aromatic heterocycles. The van der Waals surface area contributed by atoms with E-state index in [1.165, 1.54) is 0 Å². The van der Waals surface area contributed by atoms with E-state index < -0.39 is 22.3 Å². The average Bonchev–Trinajstić information content (AvgIpc) is 2.92. The van der Waals surface area contributed by atoms with Crippen LogP contribution in [-0.4, -0.2) is 39.7 Å². The van der Waals surface area contributed by atoms with Gasteiger partial charge in [-0.25, -0.2) is 4.39 Å². The highest BCUT2D eigenvalue weighted by molar-refractivity contribution is 5.95. The lowest BCUT2D eigenvalue weighted by atomic mass is 9.89. The Morgan fingerprint density at radius 2 is 1.79 bits per heavy atom. The van der Waals surface area contributed by atoms with Crippen molar-refractivity contribution in [1.82, 2.24) is 9.88 Å². The molecule has 0 saturated carbocycles.